The van der Waals surface area contributed by atoms with Crippen LogP contribution in [-0.2, 0) is 0 Å². The zero-order valence-corrected chi connectivity index (χ0v) is 17.2. The first kappa shape index (κ1) is 12.7. The molecule has 1 saturated carbocycles. The summed E-state index contributed by atoms with van der Waals surface area (Å²) in [6.07, 6.45) is 6.14. The number of rotatable bonds is 2. The van der Waals surface area contributed by atoms with Crippen molar-refractivity contribution in [2.24, 2.45) is 0 Å². The van der Waals surface area contributed by atoms with E-state index in [1.807, 2.05) is 18.2 Å². The summed E-state index contributed by atoms with van der Waals surface area (Å²) in [7, 11) is 0. The summed E-state index contributed by atoms with van der Waals surface area (Å²) in [5.41, 5.74) is 2.69. The van der Waals surface area contributed by atoms with E-state index in [1.54, 1.807) is 6.07 Å². The minimum absolute atomic E-state index is 0.237. The number of pyridine rings is 1. The average molecular weight is 413 g/mol. The molecule has 2 nitrogen and oxygen atoms in total. The van der Waals surface area contributed by atoms with E-state index in [0.717, 1.165) is 59.0 Å². The van der Waals surface area contributed by atoms with Gasteiger partial charge in [-0.25, -0.2) is 0 Å². The third kappa shape index (κ3) is 3.05. The van der Waals surface area contributed by atoms with E-state index >= 15 is 0 Å². The largest absolute Gasteiger partial charge is 0.455 e. The van der Waals surface area contributed by atoms with E-state index < -0.39 is 19.6 Å². The Morgan fingerprint density at radius 1 is 0.871 bits per heavy atom. The highest BCUT2D eigenvalue weighted by molar-refractivity contribution is 6.17. The zero-order chi connectivity index (χ0) is 26.9. The molecule has 2 aromatic heterocycles. The Hall–Kier alpha value is -3.13. The van der Waals surface area contributed by atoms with Crippen LogP contribution in [0.15, 0.2) is 65.2 Å². The van der Waals surface area contributed by atoms with Gasteiger partial charge in [-0.05, 0) is 78.8 Å². The van der Waals surface area contributed by atoms with E-state index in [0.29, 0.717) is 22.4 Å². The molecule has 0 atom stereocenters. The molecule has 31 heavy (non-hydrogen) atoms. The molecule has 1 aliphatic rings. The molecule has 0 amide bonds. The van der Waals surface area contributed by atoms with Gasteiger partial charge in [-0.15, -0.1) is 0 Å². The fraction of sp³-hybridized carbons (Fsp3) is 0.276. The number of nitrogens with zero attached hydrogens (tertiary/aromatic N) is 1. The van der Waals surface area contributed by atoms with Crippen LogP contribution in [0.4, 0.5) is 0 Å². The van der Waals surface area contributed by atoms with Gasteiger partial charge >= 0.3 is 0 Å². The van der Waals surface area contributed by atoms with E-state index in [2.05, 4.69) is 29.2 Å². The molecule has 2 heteroatoms. The molecule has 1 fully saturated rings. The normalized spacial score (nSPS) is 20.5. The van der Waals surface area contributed by atoms with Crippen LogP contribution in [0.25, 0.3) is 44.0 Å². The van der Waals surface area contributed by atoms with Gasteiger partial charge in [0.15, 0.2) is 0 Å². The molecule has 3 aromatic carbocycles. The van der Waals surface area contributed by atoms with Gasteiger partial charge in [0.05, 0.1) is 5.69 Å². The quantitative estimate of drug-likeness (QED) is 0.290. The lowest BCUT2D eigenvalue weighted by atomic mass is 9.83. The maximum atomic E-state index is 9.11. The van der Waals surface area contributed by atoms with Crippen LogP contribution < -0.4 is 0 Å². The molecule has 0 unspecified atom stereocenters. The van der Waals surface area contributed by atoms with Gasteiger partial charge in [-0.2, -0.15) is 0 Å². The van der Waals surface area contributed by atoms with Crippen molar-refractivity contribution in [1.29, 1.82) is 0 Å². The van der Waals surface area contributed by atoms with Crippen molar-refractivity contribution >= 4 is 32.7 Å². The minimum atomic E-state index is -2.61. The monoisotopic (exact) mass is 412 g/mol. The molecule has 0 radical (unpaired) electrons. The Labute approximate surface area is 192 Å². The second-order valence-corrected chi connectivity index (χ2v) is 8.44. The summed E-state index contributed by atoms with van der Waals surface area (Å²) in [6, 6.07) is 17.2. The van der Waals surface area contributed by atoms with Gasteiger partial charge in [0.1, 0.15) is 11.2 Å². The summed E-state index contributed by atoms with van der Waals surface area (Å²) < 4.78 is 62.7. The summed E-state index contributed by atoms with van der Waals surface area (Å²) >= 11 is 0. The molecular formula is C29H27NO. The Morgan fingerprint density at radius 3 is 2.58 bits per heavy atom. The molecule has 1 aliphatic carbocycles. The fourth-order valence-electron chi connectivity index (χ4n) is 4.87. The lowest BCUT2D eigenvalue weighted by Crippen LogP contribution is -2.04. The molecule has 154 valence electrons. The Bertz CT molecular complexity index is 1690. The minimum Gasteiger partial charge on any atom is -0.455 e. The van der Waals surface area contributed by atoms with Gasteiger partial charge in [-0.3, -0.25) is 4.98 Å². The highest BCUT2D eigenvalue weighted by Crippen LogP contribution is 2.40. The summed E-state index contributed by atoms with van der Waals surface area (Å²) in [6.45, 7) is -5.20. The number of hydrogen-bond acceptors (Lipinski definition) is 2. The molecule has 0 bridgehead atoms. The number of fused-ring (bicyclic) bond motifs is 5. The van der Waals surface area contributed by atoms with Gasteiger partial charge in [-0.1, -0.05) is 49.6 Å². The van der Waals surface area contributed by atoms with Crippen molar-refractivity contribution < 1.29 is 14.0 Å². The summed E-state index contributed by atoms with van der Waals surface area (Å²) in [5, 5.41) is 3.74. The van der Waals surface area contributed by atoms with Crippen LogP contribution in [0.1, 0.15) is 64.3 Å². The van der Waals surface area contributed by atoms with Crippen LogP contribution in [0, 0.1) is 13.7 Å². The molecular weight excluding hydrogens is 378 g/mol. The highest BCUT2D eigenvalue weighted by Gasteiger charge is 2.18. The van der Waals surface area contributed by atoms with Crippen molar-refractivity contribution in [3.8, 4) is 11.3 Å². The molecule has 0 N–H and O–H groups in total. The smallest absolute Gasteiger partial charge is 0.144 e. The van der Waals surface area contributed by atoms with Gasteiger partial charge in [0, 0.05) is 37.5 Å². The molecule has 0 saturated heterocycles. The Balaban J connectivity index is 1.57. The number of para-hydroxylation sites is 1. The van der Waals surface area contributed by atoms with E-state index in [-0.39, 0.29) is 11.1 Å². The van der Waals surface area contributed by atoms with E-state index in [9.17, 15) is 0 Å². The van der Waals surface area contributed by atoms with Crippen molar-refractivity contribution in [2.45, 2.75) is 51.7 Å². The first-order chi connectivity index (χ1) is 18.0. The SMILES string of the molecule is [2H]C([2H])([2H])c1cnc(-c2cccc3c2oc2c4cc(C5([2H])CCCCC5)ccc4ccc32)cc1C([2H])([2H])[2H]. The molecule has 0 aliphatic heterocycles. The van der Waals surface area contributed by atoms with Crippen LogP contribution in [0.5, 0.6) is 0 Å². The van der Waals surface area contributed by atoms with Crippen molar-refractivity contribution in [1.82, 2.24) is 4.98 Å². The van der Waals surface area contributed by atoms with Crippen molar-refractivity contribution in [2.75, 3.05) is 0 Å². The third-order valence-electron chi connectivity index (χ3n) is 6.53. The van der Waals surface area contributed by atoms with Crippen molar-refractivity contribution in [3.63, 3.8) is 0 Å². The maximum Gasteiger partial charge on any atom is 0.144 e. The number of aromatic nitrogens is 1. The highest BCUT2D eigenvalue weighted by atomic mass is 16.3. The molecule has 5 aromatic rings. The van der Waals surface area contributed by atoms with Gasteiger partial charge in [0.2, 0.25) is 0 Å². The van der Waals surface area contributed by atoms with E-state index in [4.69, 9.17) is 14.0 Å². The molecule has 0 spiro atoms. The summed E-state index contributed by atoms with van der Waals surface area (Å²) in [4.78, 5) is 4.36. The summed E-state index contributed by atoms with van der Waals surface area (Å²) in [5.74, 6) is -0.591. The van der Waals surface area contributed by atoms with Crippen LogP contribution in [0.2, 0.25) is 0 Å². The first-order valence-corrected chi connectivity index (χ1v) is 10.9. The third-order valence-corrected chi connectivity index (χ3v) is 6.53. The van der Waals surface area contributed by atoms with Gasteiger partial charge < -0.3 is 4.42 Å². The molecule has 2 heterocycles. The standard InChI is InChI=1S/C29H27NO/c1-18-15-27(30-17-19(18)2)25-10-6-9-23-24-14-13-21-11-12-22(20-7-4-3-5-8-20)16-26(21)29(24)31-28(23)25/h6,9-17,20H,3-5,7-8H2,1-2H3/i1D3,2D3,20D. The number of benzene rings is 3. The zero-order valence-electron chi connectivity index (χ0n) is 24.2. The first-order valence-electron chi connectivity index (χ1n) is 14.4. The lowest BCUT2D eigenvalue weighted by molar-refractivity contribution is 0.444. The topological polar surface area (TPSA) is 26.0 Å². The van der Waals surface area contributed by atoms with Gasteiger partial charge in [0.25, 0.3) is 0 Å². The lowest BCUT2D eigenvalue weighted by Gasteiger charge is -2.22. The van der Waals surface area contributed by atoms with Crippen LogP contribution >= 0.6 is 0 Å². The number of hydrogen-bond donors (Lipinski definition) is 0. The maximum absolute atomic E-state index is 9.11. The van der Waals surface area contributed by atoms with Crippen molar-refractivity contribution in [3.05, 3.63) is 77.5 Å². The number of aryl methyl sites for hydroxylation is 2. The van der Waals surface area contributed by atoms with Crippen LogP contribution in [-0.4, -0.2) is 4.98 Å². The molecule has 6 rings (SSSR count). The second kappa shape index (κ2) is 7.23. The predicted octanol–water partition coefficient (Wildman–Crippen LogP) is 8.47. The second-order valence-electron chi connectivity index (χ2n) is 8.44. The Kier molecular flexibility index (Phi) is 2.95. The predicted molar refractivity (Wildman–Crippen MR) is 130 cm³/mol. The number of furan rings is 1. The van der Waals surface area contributed by atoms with Crippen LogP contribution in [0.3, 0.4) is 0 Å². The average Bonchev–Trinajstić information content (AvgIpc) is 3.27. The fourth-order valence-corrected chi connectivity index (χ4v) is 4.87. The Morgan fingerprint density at radius 2 is 1.71 bits per heavy atom. The van der Waals surface area contributed by atoms with E-state index in [1.165, 1.54) is 12.5 Å².